The maximum Gasteiger partial charge on any atom is 0.459 e. The van der Waals surface area contributed by atoms with E-state index in [1.54, 1.807) is 18.2 Å². The first-order valence-corrected chi connectivity index (χ1v) is 13.7. The van der Waals surface area contributed by atoms with Crippen molar-refractivity contribution < 1.29 is 38.1 Å². The molecule has 0 amide bonds. The predicted octanol–water partition coefficient (Wildman–Crippen LogP) is 0.712. The Kier molecular flexibility index (Phi) is 10.4. The van der Waals surface area contributed by atoms with Gasteiger partial charge in [0, 0.05) is 0 Å². The summed E-state index contributed by atoms with van der Waals surface area (Å²) in [6.07, 6.45) is -3.45. The molecule has 0 bridgehead atoms. The first kappa shape index (κ1) is 29.7. The average Bonchev–Trinajstić information content (AvgIpc) is 3.17. The first-order chi connectivity index (χ1) is 18.1. The van der Waals surface area contributed by atoms with Gasteiger partial charge in [-0.25, -0.2) is 9.36 Å². The number of esters is 1. The van der Waals surface area contributed by atoms with Gasteiger partial charge in [-0.05, 0) is 25.0 Å². The highest BCUT2D eigenvalue weighted by atomic mass is 31.2. The number of aromatic amines is 1. The fraction of sp³-hybridized carbons (Fsp3) is 0.565. The molecule has 15 heteroatoms. The van der Waals surface area contributed by atoms with Crippen molar-refractivity contribution in [2.75, 3.05) is 13.2 Å². The van der Waals surface area contributed by atoms with E-state index in [-0.39, 0.29) is 18.3 Å². The van der Waals surface area contributed by atoms with Gasteiger partial charge in [-0.2, -0.15) is 14.9 Å². The summed E-state index contributed by atoms with van der Waals surface area (Å²) < 4.78 is 36.3. The van der Waals surface area contributed by atoms with Gasteiger partial charge < -0.3 is 24.2 Å². The standard InChI is InChI=1S/C23H33N4O10P/c1-4-15(5-2)12-34-22(31)14(3)26-38(33,37-16-9-7-6-8-10-16)35-13-17-19(29)20(30)21(36-17)27-23(32)25-18(28)11-24-27/h6-11,14-15,17,19-21,29-30H,4-5,12-13H2,1-3H3,(H,26,33)(H,25,28,32)/t14-,17+,19?,20?,21+,38?/m0/s1. The van der Waals surface area contributed by atoms with Crippen molar-refractivity contribution in [3.05, 3.63) is 57.4 Å². The summed E-state index contributed by atoms with van der Waals surface area (Å²) in [6.45, 7) is 5.06. The van der Waals surface area contributed by atoms with E-state index in [4.69, 9.17) is 18.5 Å². The van der Waals surface area contributed by atoms with Crippen LogP contribution >= 0.6 is 7.75 Å². The maximum atomic E-state index is 13.7. The minimum absolute atomic E-state index is 0.177. The third-order valence-electron chi connectivity index (χ3n) is 6.01. The Labute approximate surface area is 218 Å². The van der Waals surface area contributed by atoms with Crippen LogP contribution in [0.5, 0.6) is 5.75 Å². The molecule has 3 rings (SSSR count). The minimum atomic E-state index is -4.27. The van der Waals surface area contributed by atoms with Crippen molar-refractivity contribution in [3.8, 4) is 5.75 Å². The van der Waals surface area contributed by atoms with E-state index in [1.807, 2.05) is 18.8 Å². The second-order valence-electron chi connectivity index (χ2n) is 8.79. The lowest BCUT2D eigenvalue weighted by atomic mass is 10.1. The molecule has 210 valence electrons. The highest BCUT2D eigenvalue weighted by molar-refractivity contribution is 7.52. The number of aromatic nitrogens is 3. The molecular weight excluding hydrogens is 523 g/mol. The van der Waals surface area contributed by atoms with Gasteiger partial charge in [0.25, 0.3) is 5.56 Å². The molecule has 14 nitrogen and oxygen atoms in total. The Bertz CT molecular complexity index is 1220. The Hall–Kier alpha value is -2.87. The fourth-order valence-corrected chi connectivity index (χ4v) is 5.14. The normalized spacial score (nSPS) is 23.6. The number of benzene rings is 1. The van der Waals surface area contributed by atoms with Crippen LogP contribution < -0.4 is 20.9 Å². The van der Waals surface area contributed by atoms with Crippen LogP contribution in [-0.2, 0) is 23.4 Å². The molecule has 0 aliphatic carbocycles. The van der Waals surface area contributed by atoms with Gasteiger partial charge in [0.15, 0.2) is 6.23 Å². The molecule has 1 aliphatic rings. The van der Waals surface area contributed by atoms with Crippen molar-refractivity contribution in [1.82, 2.24) is 19.9 Å². The lowest BCUT2D eigenvalue weighted by molar-refractivity contribution is -0.146. The number of para-hydroxylation sites is 1. The number of hydrogen-bond acceptors (Lipinski definition) is 11. The minimum Gasteiger partial charge on any atom is -0.464 e. The summed E-state index contributed by atoms with van der Waals surface area (Å²) in [6, 6.07) is 6.99. The summed E-state index contributed by atoms with van der Waals surface area (Å²) in [7, 11) is -4.27. The van der Waals surface area contributed by atoms with E-state index in [1.165, 1.54) is 19.1 Å². The summed E-state index contributed by atoms with van der Waals surface area (Å²) in [5.74, 6) is -0.288. The van der Waals surface area contributed by atoms with Crippen LogP contribution in [-0.4, -0.2) is 68.5 Å². The van der Waals surface area contributed by atoms with E-state index < -0.39 is 62.2 Å². The summed E-state index contributed by atoms with van der Waals surface area (Å²) >= 11 is 0. The van der Waals surface area contributed by atoms with Crippen molar-refractivity contribution in [2.45, 2.75) is 64.2 Å². The predicted molar refractivity (Wildman–Crippen MR) is 133 cm³/mol. The second kappa shape index (κ2) is 13.3. The molecule has 2 heterocycles. The molecule has 4 N–H and O–H groups in total. The smallest absolute Gasteiger partial charge is 0.459 e. The quantitative estimate of drug-likeness (QED) is 0.200. The van der Waals surface area contributed by atoms with Crippen LogP contribution in [0.2, 0.25) is 0 Å². The van der Waals surface area contributed by atoms with Crippen LogP contribution in [0.4, 0.5) is 0 Å². The van der Waals surface area contributed by atoms with E-state index >= 15 is 0 Å². The largest absolute Gasteiger partial charge is 0.464 e. The van der Waals surface area contributed by atoms with Crippen LogP contribution in [0.3, 0.4) is 0 Å². The molecule has 1 saturated heterocycles. The summed E-state index contributed by atoms with van der Waals surface area (Å²) in [4.78, 5) is 37.8. The molecule has 1 aliphatic heterocycles. The van der Waals surface area contributed by atoms with Crippen LogP contribution in [0, 0.1) is 5.92 Å². The molecule has 6 atom stereocenters. The zero-order valence-corrected chi connectivity index (χ0v) is 22.2. The van der Waals surface area contributed by atoms with Gasteiger partial charge in [0.05, 0.1) is 13.2 Å². The Morgan fingerprint density at radius 1 is 1.21 bits per heavy atom. The number of carbonyl (C=O) groups excluding carboxylic acids is 1. The highest BCUT2D eigenvalue weighted by Crippen LogP contribution is 2.46. The van der Waals surface area contributed by atoms with Gasteiger partial charge >= 0.3 is 19.4 Å². The Morgan fingerprint density at radius 3 is 2.53 bits per heavy atom. The molecule has 1 aromatic heterocycles. The number of rotatable bonds is 13. The highest BCUT2D eigenvalue weighted by Gasteiger charge is 2.46. The fourth-order valence-electron chi connectivity index (χ4n) is 3.63. The molecular formula is C23H33N4O10P. The SMILES string of the molecule is CCC(CC)COC(=O)[C@H](C)NP(=O)(OC[C@H]1O[C@@H](n2ncc(=O)[nH]c2=O)C(O)C1O)Oc1ccccc1. The van der Waals surface area contributed by atoms with Crippen LogP contribution in [0.15, 0.2) is 46.1 Å². The topological polar surface area (TPSA) is 191 Å². The number of ether oxygens (including phenoxy) is 2. The zero-order chi connectivity index (χ0) is 27.9. The van der Waals surface area contributed by atoms with Crippen molar-refractivity contribution in [2.24, 2.45) is 5.92 Å². The van der Waals surface area contributed by atoms with Crippen molar-refractivity contribution in [3.63, 3.8) is 0 Å². The van der Waals surface area contributed by atoms with E-state index in [2.05, 4.69) is 10.2 Å². The molecule has 1 aromatic carbocycles. The number of H-pyrrole nitrogens is 1. The molecule has 0 spiro atoms. The second-order valence-corrected chi connectivity index (χ2v) is 10.5. The molecule has 38 heavy (non-hydrogen) atoms. The first-order valence-electron chi connectivity index (χ1n) is 12.2. The van der Waals surface area contributed by atoms with Gasteiger partial charge in [-0.3, -0.25) is 19.1 Å². The average molecular weight is 557 g/mol. The van der Waals surface area contributed by atoms with E-state index in [0.29, 0.717) is 4.68 Å². The lowest BCUT2D eigenvalue weighted by Gasteiger charge is -2.25. The Balaban J connectivity index is 1.72. The molecule has 1 fully saturated rings. The van der Waals surface area contributed by atoms with Crippen LogP contribution in [0.25, 0.3) is 0 Å². The van der Waals surface area contributed by atoms with Gasteiger partial charge in [0.2, 0.25) is 0 Å². The third-order valence-corrected chi connectivity index (χ3v) is 7.66. The van der Waals surface area contributed by atoms with Crippen LogP contribution in [0.1, 0.15) is 39.8 Å². The molecule has 3 unspecified atom stereocenters. The van der Waals surface area contributed by atoms with Crippen molar-refractivity contribution >= 4 is 13.7 Å². The van der Waals surface area contributed by atoms with E-state index in [9.17, 15) is 29.2 Å². The van der Waals surface area contributed by atoms with Gasteiger partial charge in [-0.1, -0.05) is 44.9 Å². The molecule has 0 radical (unpaired) electrons. The maximum absolute atomic E-state index is 13.7. The molecule has 2 aromatic rings. The number of carbonyl (C=O) groups is 1. The monoisotopic (exact) mass is 556 g/mol. The number of aliphatic hydroxyl groups is 2. The summed E-state index contributed by atoms with van der Waals surface area (Å²) in [5, 5.41) is 27.0. The lowest BCUT2D eigenvalue weighted by Crippen LogP contribution is -2.39. The number of nitrogens with one attached hydrogen (secondary N) is 2. The van der Waals surface area contributed by atoms with E-state index in [0.717, 1.165) is 19.0 Å². The van der Waals surface area contributed by atoms with Gasteiger partial charge in [-0.15, -0.1) is 0 Å². The number of hydrogen-bond donors (Lipinski definition) is 4. The number of nitrogens with zero attached hydrogens (tertiary/aromatic N) is 2. The zero-order valence-electron chi connectivity index (χ0n) is 21.3. The summed E-state index contributed by atoms with van der Waals surface area (Å²) in [5.41, 5.74) is -1.72. The Morgan fingerprint density at radius 2 is 1.89 bits per heavy atom. The number of aliphatic hydroxyl groups excluding tert-OH is 2. The van der Waals surface area contributed by atoms with Crippen molar-refractivity contribution in [1.29, 1.82) is 0 Å². The third kappa shape index (κ3) is 7.59. The molecule has 0 saturated carbocycles. The van der Waals surface area contributed by atoms with Gasteiger partial charge in [0.1, 0.15) is 36.3 Å².